The van der Waals surface area contributed by atoms with Gasteiger partial charge in [0.1, 0.15) is 0 Å². The number of hydrogen-bond donors (Lipinski definition) is 1. The Morgan fingerprint density at radius 2 is 1.94 bits per heavy atom. The Balaban J connectivity index is 1.58. The van der Waals surface area contributed by atoms with Gasteiger partial charge in [0.25, 0.3) is 0 Å². The average Bonchev–Trinajstić information content (AvgIpc) is 3.13. The minimum Gasteiger partial charge on any atom is -0.383 e. The van der Waals surface area contributed by atoms with Gasteiger partial charge in [0.2, 0.25) is 0 Å². The van der Waals surface area contributed by atoms with Crippen molar-refractivity contribution in [1.29, 1.82) is 0 Å². The lowest BCUT2D eigenvalue weighted by atomic mass is 9.98. The van der Waals surface area contributed by atoms with Crippen molar-refractivity contribution in [1.82, 2.24) is 4.98 Å². The molecule has 1 N–H and O–H groups in total. The van der Waals surface area contributed by atoms with Crippen LogP contribution in [0, 0.1) is 17.8 Å². The molecule has 3 rings (SSSR count). The zero-order valence-corrected chi connectivity index (χ0v) is 10.9. The van der Waals surface area contributed by atoms with E-state index in [1.165, 1.54) is 25.7 Å². The topological polar surface area (TPSA) is 24.9 Å². The molecular weight excluding hydrogens is 264 g/mol. The standard InChI is InChI=1S/C13H17BrN2/c14-11-5-12(7-15-6-11)16-8-13(9-1-2-9)10-3-4-10/h5-7,9-10,13,16H,1-4,8H2. The Morgan fingerprint density at radius 3 is 2.50 bits per heavy atom. The fourth-order valence-corrected chi connectivity index (χ4v) is 2.88. The van der Waals surface area contributed by atoms with Gasteiger partial charge in [0, 0.05) is 17.2 Å². The summed E-state index contributed by atoms with van der Waals surface area (Å²) in [6.45, 7) is 1.13. The highest BCUT2D eigenvalue weighted by atomic mass is 79.9. The molecule has 2 aliphatic carbocycles. The minimum absolute atomic E-state index is 0.916. The minimum atomic E-state index is 0.916. The predicted octanol–water partition coefficient (Wildman–Crippen LogP) is 3.69. The van der Waals surface area contributed by atoms with Gasteiger partial charge in [-0.1, -0.05) is 0 Å². The van der Waals surface area contributed by atoms with E-state index in [0.29, 0.717) is 0 Å². The SMILES string of the molecule is Brc1cncc(NCC(C2CC2)C2CC2)c1. The summed E-state index contributed by atoms with van der Waals surface area (Å²) in [6, 6.07) is 2.10. The first-order valence-corrected chi connectivity index (χ1v) is 6.96. The van der Waals surface area contributed by atoms with Crippen molar-refractivity contribution >= 4 is 21.6 Å². The molecule has 0 bridgehead atoms. The van der Waals surface area contributed by atoms with Gasteiger partial charge in [-0.05, 0) is 65.4 Å². The maximum Gasteiger partial charge on any atom is 0.0538 e. The molecule has 0 unspecified atom stereocenters. The molecule has 0 radical (unpaired) electrons. The lowest BCUT2D eigenvalue weighted by Crippen LogP contribution is -2.18. The maximum absolute atomic E-state index is 4.17. The van der Waals surface area contributed by atoms with Gasteiger partial charge in [-0.3, -0.25) is 4.98 Å². The summed E-state index contributed by atoms with van der Waals surface area (Å²) in [5.74, 6) is 2.94. The zero-order chi connectivity index (χ0) is 11.0. The van der Waals surface area contributed by atoms with Crippen LogP contribution in [0.15, 0.2) is 22.9 Å². The number of nitrogens with zero attached hydrogens (tertiary/aromatic N) is 1. The zero-order valence-electron chi connectivity index (χ0n) is 9.32. The van der Waals surface area contributed by atoms with Gasteiger partial charge in [-0.2, -0.15) is 0 Å². The Hall–Kier alpha value is -0.570. The fraction of sp³-hybridized carbons (Fsp3) is 0.615. The molecule has 2 saturated carbocycles. The van der Waals surface area contributed by atoms with Crippen molar-refractivity contribution in [2.45, 2.75) is 25.7 Å². The molecule has 2 aliphatic rings. The van der Waals surface area contributed by atoms with Gasteiger partial charge >= 0.3 is 0 Å². The first kappa shape index (κ1) is 10.6. The summed E-state index contributed by atoms with van der Waals surface area (Å²) in [4.78, 5) is 4.17. The van der Waals surface area contributed by atoms with Crippen molar-refractivity contribution in [3.63, 3.8) is 0 Å². The summed E-state index contributed by atoms with van der Waals surface area (Å²) in [5.41, 5.74) is 1.14. The van der Waals surface area contributed by atoms with E-state index in [9.17, 15) is 0 Å². The third-order valence-corrected chi connectivity index (χ3v) is 4.14. The number of hydrogen-bond acceptors (Lipinski definition) is 2. The van der Waals surface area contributed by atoms with Crippen LogP contribution in [0.3, 0.4) is 0 Å². The van der Waals surface area contributed by atoms with E-state index in [1.807, 2.05) is 12.4 Å². The molecule has 1 heterocycles. The molecular formula is C13H17BrN2. The van der Waals surface area contributed by atoms with Gasteiger partial charge in [-0.25, -0.2) is 0 Å². The first-order valence-electron chi connectivity index (χ1n) is 6.17. The second-order valence-electron chi connectivity index (χ2n) is 5.11. The normalized spacial score (nSPS) is 20.1. The van der Waals surface area contributed by atoms with Crippen LogP contribution < -0.4 is 5.32 Å². The van der Waals surface area contributed by atoms with Gasteiger partial charge in [0.05, 0.1) is 11.9 Å². The lowest BCUT2D eigenvalue weighted by Gasteiger charge is -2.16. The summed E-state index contributed by atoms with van der Waals surface area (Å²) < 4.78 is 1.05. The van der Waals surface area contributed by atoms with Crippen LogP contribution in [-0.4, -0.2) is 11.5 Å². The van der Waals surface area contributed by atoms with Crippen molar-refractivity contribution in [2.75, 3.05) is 11.9 Å². The summed E-state index contributed by atoms with van der Waals surface area (Å²) in [6.07, 6.45) is 9.56. The van der Waals surface area contributed by atoms with E-state index in [0.717, 1.165) is 34.5 Å². The predicted molar refractivity (Wildman–Crippen MR) is 69.4 cm³/mol. The Labute approximate surface area is 105 Å². The van der Waals surface area contributed by atoms with Crippen LogP contribution in [0.2, 0.25) is 0 Å². The molecule has 0 amide bonds. The second kappa shape index (κ2) is 4.36. The monoisotopic (exact) mass is 280 g/mol. The van der Waals surface area contributed by atoms with Gasteiger partial charge < -0.3 is 5.32 Å². The largest absolute Gasteiger partial charge is 0.383 e. The third kappa shape index (κ3) is 2.57. The van der Waals surface area contributed by atoms with Gasteiger partial charge in [-0.15, -0.1) is 0 Å². The molecule has 2 fully saturated rings. The molecule has 16 heavy (non-hydrogen) atoms. The maximum atomic E-state index is 4.17. The number of halogens is 1. The molecule has 2 nitrogen and oxygen atoms in total. The molecule has 1 aromatic heterocycles. The Morgan fingerprint density at radius 1 is 1.25 bits per heavy atom. The van der Waals surface area contributed by atoms with E-state index in [-0.39, 0.29) is 0 Å². The number of nitrogens with one attached hydrogen (secondary N) is 1. The number of pyridine rings is 1. The van der Waals surface area contributed by atoms with Crippen LogP contribution in [0.25, 0.3) is 0 Å². The quantitative estimate of drug-likeness (QED) is 0.890. The van der Waals surface area contributed by atoms with E-state index in [2.05, 4.69) is 32.3 Å². The molecule has 0 spiro atoms. The molecule has 86 valence electrons. The summed E-state index contributed by atoms with van der Waals surface area (Å²) >= 11 is 3.45. The first-order chi connectivity index (χ1) is 7.83. The number of aromatic nitrogens is 1. The smallest absolute Gasteiger partial charge is 0.0538 e. The van der Waals surface area contributed by atoms with Crippen molar-refractivity contribution < 1.29 is 0 Å². The Bertz CT molecular complexity index is 360. The van der Waals surface area contributed by atoms with Crippen molar-refractivity contribution in [3.8, 4) is 0 Å². The number of rotatable bonds is 5. The third-order valence-electron chi connectivity index (χ3n) is 3.70. The van der Waals surface area contributed by atoms with Crippen molar-refractivity contribution in [2.24, 2.45) is 17.8 Å². The average molecular weight is 281 g/mol. The van der Waals surface area contributed by atoms with Crippen LogP contribution in [0.1, 0.15) is 25.7 Å². The van der Waals surface area contributed by atoms with E-state index in [1.54, 1.807) is 0 Å². The lowest BCUT2D eigenvalue weighted by molar-refractivity contribution is 0.428. The van der Waals surface area contributed by atoms with Gasteiger partial charge in [0.15, 0.2) is 0 Å². The molecule has 0 saturated heterocycles. The van der Waals surface area contributed by atoms with E-state index < -0.39 is 0 Å². The van der Waals surface area contributed by atoms with Crippen LogP contribution >= 0.6 is 15.9 Å². The fourth-order valence-electron chi connectivity index (χ4n) is 2.51. The highest BCUT2D eigenvalue weighted by molar-refractivity contribution is 9.10. The molecule has 3 heteroatoms. The number of anilines is 1. The van der Waals surface area contributed by atoms with Crippen LogP contribution in [-0.2, 0) is 0 Å². The molecule has 1 aromatic rings. The van der Waals surface area contributed by atoms with Crippen LogP contribution in [0.5, 0.6) is 0 Å². The second-order valence-corrected chi connectivity index (χ2v) is 6.03. The Kier molecular flexibility index (Phi) is 2.88. The van der Waals surface area contributed by atoms with Crippen LogP contribution in [0.4, 0.5) is 5.69 Å². The molecule has 0 atom stereocenters. The molecule has 0 aromatic carbocycles. The highest BCUT2D eigenvalue weighted by Crippen LogP contribution is 2.49. The summed E-state index contributed by atoms with van der Waals surface area (Å²) in [7, 11) is 0. The van der Waals surface area contributed by atoms with E-state index in [4.69, 9.17) is 0 Å². The molecule has 0 aliphatic heterocycles. The van der Waals surface area contributed by atoms with Crippen molar-refractivity contribution in [3.05, 3.63) is 22.9 Å². The summed E-state index contributed by atoms with van der Waals surface area (Å²) in [5, 5.41) is 3.54. The highest BCUT2D eigenvalue weighted by Gasteiger charge is 2.40. The van der Waals surface area contributed by atoms with E-state index >= 15 is 0 Å².